The largest absolute Gasteiger partial charge is 0.481 e. The molecule has 1 aliphatic rings. The summed E-state index contributed by atoms with van der Waals surface area (Å²) in [7, 11) is 1.48. The predicted molar refractivity (Wildman–Crippen MR) is 119 cm³/mol. The van der Waals surface area contributed by atoms with Crippen LogP contribution in [0.3, 0.4) is 0 Å². The second-order valence-corrected chi connectivity index (χ2v) is 7.46. The van der Waals surface area contributed by atoms with Crippen LogP contribution >= 0.6 is 0 Å². The van der Waals surface area contributed by atoms with Gasteiger partial charge in [-0.3, -0.25) is 4.90 Å². The molecule has 1 aliphatic carbocycles. The van der Waals surface area contributed by atoms with Crippen molar-refractivity contribution in [2.75, 3.05) is 20.3 Å². The van der Waals surface area contributed by atoms with Crippen molar-refractivity contribution in [2.24, 2.45) is 0 Å². The van der Waals surface area contributed by atoms with Crippen LogP contribution in [0.1, 0.15) is 35.6 Å². The number of aliphatic carboxylic acids is 1. The van der Waals surface area contributed by atoms with Crippen LogP contribution in [0.5, 0.6) is 5.88 Å². The standard InChI is InChI=1S/C25H24N2O5/c1-3-27(23(24(28)29)16-12-13-22(31-2)26-14-16)25(30)32-15-21-19-10-6-4-8-17(19)18-9-5-7-11-20(18)21/h4-14,21,23H,3,15H2,1-2H3,(H,28,29). The van der Waals surface area contributed by atoms with Crippen LogP contribution in [0, 0.1) is 0 Å². The molecule has 0 fully saturated rings. The Kier molecular flexibility index (Phi) is 6.07. The lowest BCUT2D eigenvalue weighted by atomic mass is 9.98. The summed E-state index contributed by atoms with van der Waals surface area (Å²) >= 11 is 0. The van der Waals surface area contributed by atoms with Crippen molar-refractivity contribution in [2.45, 2.75) is 18.9 Å². The number of amides is 1. The number of likely N-dealkylation sites (N-methyl/N-ethyl adjacent to an activating group) is 1. The quantitative estimate of drug-likeness (QED) is 0.592. The predicted octanol–water partition coefficient (Wildman–Crippen LogP) is 4.49. The van der Waals surface area contributed by atoms with E-state index in [-0.39, 0.29) is 19.1 Å². The first-order valence-electron chi connectivity index (χ1n) is 10.4. The van der Waals surface area contributed by atoms with E-state index in [4.69, 9.17) is 9.47 Å². The molecule has 7 heteroatoms. The van der Waals surface area contributed by atoms with Gasteiger partial charge >= 0.3 is 12.1 Å². The molecule has 32 heavy (non-hydrogen) atoms. The summed E-state index contributed by atoms with van der Waals surface area (Å²) in [5, 5.41) is 9.84. The minimum atomic E-state index is -1.21. The average molecular weight is 432 g/mol. The normalized spacial score (nSPS) is 13.1. The number of ether oxygens (including phenoxy) is 2. The van der Waals surface area contributed by atoms with Crippen molar-refractivity contribution in [3.63, 3.8) is 0 Å². The third-order valence-corrected chi connectivity index (χ3v) is 5.74. The fraction of sp³-hybridized carbons (Fsp3) is 0.240. The first kappa shape index (κ1) is 21.4. The highest BCUT2D eigenvalue weighted by molar-refractivity contribution is 5.82. The molecule has 0 aliphatic heterocycles. The number of nitrogens with zero attached hydrogens (tertiary/aromatic N) is 2. The number of hydrogen-bond acceptors (Lipinski definition) is 5. The van der Waals surface area contributed by atoms with Gasteiger partial charge in [-0.05, 0) is 35.2 Å². The number of methoxy groups -OCH3 is 1. The Hall–Kier alpha value is -3.87. The average Bonchev–Trinajstić information content (AvgIpc) is 3.14. The molecule has 1 atom stereocenters. The van der Waals surface area contributed by atoms with E-state index >= 15 is 0 Å². The Morgan fingerprint density at radius 2 is 1.66 bits per heavy atom. The summed E-state index contributed by atoms with van der Waals surface area (Å²) in [5.74, 6) is -0.898. The molecule has 1 aromatic heterocycles. The second-order valence-electron chi connectivity index (χ2n) is 7.46. The maximum Gasteiger partial charge on any atom is 0.410 e. The molecule has 7 nitrogen and oxygen atoms in total. The fourth-order valence-electron chi connectivity index (χ4n) is 4.22. The van der Waals surface area contributed by atoms with Gasteiger partial charge in [-0.2, -0.15) is 0 Å². The Balaban J connectivity index is 1.55. The zero-order chi connectivity index (χ0) is 22.7. The number of carbonyl (C=O) groups excluding carboxylic acids is 1. The molecule has 1 heterocycles. The lowest BCUT2D eigenvalue weighted by Crippen LogP contribution is -2.39. The molecular weight excluding hydrogens is 408 g/mol. The number of carboxylic acids is 1. The third-order valence-electron chi connectivity index (χ3n) is 5.74. The van der Waals surface area contributed by atoms with Gasteiger partial charge in [0, 0.05) is 30.3 Å². The third kappa shape index (κ3) is 3.89. The van der Waals surface area contributed by atoms with Gasteiger partial charge < -0.3 is 14.6 Å². The number of fused-ring (bicyclic) bond motifs is 3. The minimum absolute atomic E-state index is 0.101. The number of carbonyl (C=O) groups is 2. The summed E-state index contributed by atoms with van der Waals surface area (Å²) in [6.07, 6.45) is 0.717. The highest BCUT2D eigenvalue weighted by Crippen LogP contribution is 2.44. The van der Waals surface area contributed by atoms with E-state index in [2.05, 4.69) is 17.1 Å². The van der Waals surface area contributed by atoms with Gasteiger partial charge in [0.2, 0.25) is 5.88 Å². The molecule has 0 bridgehead atoms. The van der Waals surface area contributed by atoms with Crippen LogP contribution < -0.4 is 4.74 Å². The molecule has 4 rings (SSSR count). The van der Waals surface area contributed by atoms with Gasteiger partial charge in [0.05, 0.1) is 7.11 Å². The maximum atomic E-state index is 13.0. The first-order valence-corrected chi connectivity index (χ1v) is 10.4. The molecule has 0 saturated heterocycles. The van der Waals surface area contributed by atoms with Crippen LogP contribution in [0.4, 0.5) is 4.79 Å². The monoisotopic (exact) mass is 432 g/mol. The van der Waals surface area contributed by atoms with E-state index in [1.54, 1.807) is 19.1 Å². The summed E-state index contributed by atoms with van der Waals surface area (Å²) in [4.78, 5) is 30.3. The summed E-state index contributed by atoms with van der Waals surface area (Å²) < 4.78 is 10.7. The van der Waals surface area contributed by atoms with Gasteiger partial charge in [-0.1, -0.05) is 48.5 Å². The lowest BCUT2D eigenvalue weighted by molar-refractivity contribution is -0.143. The molecule has 1 amide bonds. The van der Waals surface area contributed by atoms with Gasteiger partial charge in [-0.25, -0.2) is 14.6 Å². The van der Waals surface area contributed by atoms with E-state index in [0.717, 1.165) is 22.3 Å². The Bertz CT molecular complexity index is 1080. The minimum Gasteiger partial charge on any atom is -0.481 e. The zero-order valence-electron chi connectivity index (χ0n) is 17.9. The first-order chi connectivity index (χ1) is 15.5. The van der Waals surface area contributed by atoms with E-state index in [0.29, 0.717) is 11.4 Å². The van der Waals surface area contributed by atoms with Crippen molar-refractivity contribution >= 4 is 12.1 Å². The van der Waals surface area contributed by atoms with Crippen molar-refractivity contribution in [1.29, 1.82) is 0 Å². The number of carboxylic acid groups (broad SMARTS) is 1. The highest BCUT2D eigenvalue weighted by Gasteiger charge is 2.34. The van der Waals surface area contributed by atoms with Crippen LogP contribution in [0.15, 0.2) is 66.9 Å². The van der Waals surface area contributed by atoms with E-state index in [1.165, 1.54) is 18.2 Å². The highest BCUT2D eigenvalue weighted by atomic mass is 16.6. The lowest BCUT2D eigenvalue weighted by Gasteiger charge is -2.28. The van der Waals surface area contributed by atoms with Crippen LogP contribution in [-0.2, 0) is 9.53 Å². The number of benzene rings is 2. The van der Waals surface area contributed by atoms with Crippen molar-refractivity contribution in [1.82, 2.24) is 9.88 Å². The molecule has 1 N–H and O–H groups in total. The maximum absolute atomic E-state index is 13.0. The van der Waals surface area contributed by atoms with Crippen LogP contribution in [0.2, 0.25) is 0 Å². The van der Waals surface area contributed by atoms with E-state index < -0.39 is 18.1 Å². The van der Waals surface area contributed by atoms with Gasteiger partial charge in [-0.15, -0.1) is 0 Å². The molecule has 2 aromatic carbocycles. The SMILES string of the molecule is CCN(C(=O)OCC1c2ccccc2-c2ccccc21)C(C(=O)O)c1ccc(OC)nc1. The Labute approximate surface area is 186 Å². The number of pyridine rings is 1. The van der Waals surface area contributed by atoms with Crippen molar-refractivity contribution < 1.29 is 24.2 Å². The van der Waals surface area contributed by atoms with E-state index in [9.17, 15) is 14.7 Å². The van der Waals surface area contributed by atoms with Gasteiger partial charge in [0.1, 0.15) is 6.61 Å². The van der Waals surface area contributed by atoms with Gasteiger partial charge in [0.15, 0.2) is 6.04 Å². The number of rotatable bonds is 7. The van der Waals surface area contributed by atoms with Crippen LogP contribution in [0.25, 0.3) is 11.1 Å². The zero-order valence-corrected chi connectivity index (χ0v) is 17.9. The summed E-state index contributed by atoms with van der Waals surface area (Å²) in [6, 6.07) is 18.0. The smallest absolute Gasteiger partial charge is 0.410 e. The van der Waals surface area contributed by atoms with Crippen molar-refractivity contribution in [3.8, 4) is 17.0 Å². The Morgan fingerprint density at radius 3 is 2.16 bits per heavy atom. The molecule has 3 aromatic rings. The summed E-state index contributed by atoms with van der Waals surface area (Å²) in [5.41, 5.74) is 4.82. The molecule has 1 unspecified atom stereocenters. The molecular formula is C25H24N2O5. The molecule has 0 radical (unpaired) electrons. The van der Waals surface area contributed by atoms with Gasteiger partial charge in [0.25, 0.3) is 0 Å². The van der Waals surface area contributed by atoms with Crippen molar-refractivity contribution in [3.05, 3.63) is 83.6 Å². The number of hydrogen-bond donors (Lipinski definition) is 1. The topological polar surface area (TPSA) is 89.0 Å². The molecule has 0 spiro atoms. The van der Waals surface area contributed by atoms with E-state index in [1.807, 2.05) is 36.4 Å². The fourth-order valence-corrected chi connectivity index (χ4v) is 4.22. The second kappa shape index (κ2) is 9.09. The summed E-state index contributed by atoms with van der Waals surface area (Å²) in [6.45, 7) is 2.00. The molecule has 0 saturated carbocycles. The molecule has 164 valence electrons. The number of aromatic nitrogens is 1. The van der Waals surface area contributed by atoms with Crippen LogP contribution in [-0.4, -0.2) is 47.3 Å². The Morgan fingerprint density at radius 1 is 1.03 bits per heavy atom.